The molecule has 19 heavy (non-hydrogen) atoms. The Morgan fingerprint density at radius 2 is 2.32 bits per heavy atom. The molecule has 0 radical (unpaired) electrons. The molecular weight excluding hydrogens is 286 g/mol. The topological polar surface area (TPSA) is 85.1 Å². The molecule has 0 aliphatic carbocycles. The minimum Gasteiger partial charge on any atom is -0.351 e. The highest BCUT2D eigenvalue weighted by atomic mass is 32.1. The van der Waals surface area contributed by atoms with Gasteiger partial charge in [-0.2, -0.15) is 0 Å². The van der Waals surface area contributed by atoms with Gasteiger partial charge in [0.05, 0.1) is 20.5 Å². The predicted octanol–water partition coefficient (Wildman–Crippen LogP) is 2.39. The number of rotatable bonds is 5. The molecule has 0 spiro atoms. The molecule has 100 valence electrons. The Bertz CT molecular complexity index is 606. The van der Waals surface area contributed by atoms with Gasteiger partial charge in [-0.05, 0) is 13.0 Å². The first kappa shape index (κ1) is 13.6. The van der Waals surface area contributed by atoms with Crippen molar-refractivity contribution in [2.75, 3.05) is 6.54 Å². The van der Waals surface area contributed by atoms with Crippen LogP contribution in [0.4, 0.5) is 5.00 Å². The van der Waals surface area contributed by atoms with Crippen LogP contribution in [0, 0.1) is 17.0 Å². The van der Waals surface area contributed by atoms with E-state index in [1.165, 1.54) is 12.1 Å². The minimum atomic E-state index is -0.500. The van der Waals surface area contributed by atoms with E-state index in [-0.39, 0.29) is 10.9 Å². The number of nitrogens with one attached hydrogen (secondary N) is 1. The Kier molecular flexibility index (Phi) is 4.23. The predicted molar refractivity (Wildman–Crippen MR) is 73.9 cm³/mol. The van der Waals surface area contributed by atoms with Crippen LogP contribution in [-0.2, 0) is 6.42 Å². The van der Waals surface area contributed by atoms with E-state index in [1.54, 1.807) is 11.3 Å². The molecule has 2 rings (SSSR count). The first-order valence-corrected chi connectivity index (χ1v) is 7.19. The second-order valence-corrected chi connectivity index (χ2v) is 5.88. The van der Waals surface area contributed by atoms with Crippen LogP contribution in [0.1, 0.15) is 20.4 Å². The molecule has 0 saturated carbocycles. The highest BCUT2D eigenvalue weighted by molar-refractivity contribution is 7.17. The summed E-state index contributed by atoms with van der Waals surface area (Å²) in [5.74, 6) is -0.287. The number of hydrogen-bond donors (Lipinski definition) is 1. The van der Waals surface area contributed by atoms with Crippen molar-refractivity contribution in [1.29, 1.82) is 0 Å². The molecule has 0 saturated heterocycles. The van der Waals surface area contributed by atoms with Crippen molar-refractivity contribution in [2.45, 2.75) is 13.3 Å². The molecular formula is C11H11N3O3S2. The minimum absolute atomic E-state index is 0.0275. The molecule has 0 atom stereocenters. The van der Waals surface area contributed by atoms with Crippen LogP contribution >= 0.6 is 22.7 Å². The van der Waals surface area contributed by atoms with Crippen molar-refractivity contribution in [3.05, 3.63) is 43.2 Å². The fraction of sp³-hybridized carbons (Fsp3) is 0.273. The van der Waals surface area contributed by atoms with E-state index in [0.29, 0.717) is 17.8 Å². The quantitative estimate of drug-likeness (QED) is 0.678. The first-order chi connectivity index (χ1) is 9.06. The van der Waals surface area contributed by atoms with Gasteiger partial charge >= 0.3 is 5.00 Å². The third kappa shape index (κ3) is 3.58. The maximum absolute atomic E-state index is 11.7. The number of carbonyl (C=O) groups excluding carboxylic acids is 1. The molecule has 1 N–H and O–H groups in total. The van der Waals surface area contributed by atoms with Crippen LogP contribution in [0.15, 0.2) is 17.5 Å². The number of hydrogen-bond acceptors (Lipinski definition) is 6. The van der Waals surface area contributed by atoms with Gasteiger partial charge in [0.2, 0.25) is 0 Å². The fourth-order valence-corrected chi connectivity index (χ4v) is 2.85. The largest absolute Gasteiger partial charge is 0.351 e. The summed E-state index contributed by atoms with van der Waals surface area (Å²) in [6.45, 7) is 2.39. The van der Waals surface area contributed by atoms with Crippen LogP contribution in [0.5, 0.6) is 0 Å². The highest BCUT2D eigenvalue weighted by Gasteiger charge is 2.14. The molecule has 0 aliphatic heterocycles. The summed E-state index contributed by atoms with van der Waals surface area (Å²) < 4.78 is 0. The molecule has 0 aromatic carbocycles. The number of carbonyl (C=O) groups is 1. The molecule has 0 fully saturated rings. The van der Waals surface area contributed by atoms with Gasteiger partial charge in [-0.1, -0.05) is 11.3 Å². The Balaban J connectivity index is 1.85. The van der Waals surface area contributed by atoms with Gasteiger partial charge in [0.1, 0.15) is 0 Å². The Hall–Kier alpha value is -1.80. The Morgan fingerprint density at radius 3 is 2.89 bits per heavy atom. The Labute approximate surface area is 117 Å². The van der Waals surface area contributed by atoms with Gasteiger partial charge in [0, 0.05) is 24.4 Å². The number of aromatic nitrogens is 1. The number of nitrogens with zero attached hydrogens (tertiary/aromatic N) is 2. The van der Waals surface area contributed by atoms with Gasteiger partial charge in [-0.15, -0.1) is 11.3 Å². The van der Waals surface area contributed by atoms with E-state index in [4.69, 9.17) is 0 Å². The molecule has 2 heterocycles. The summed E-state index contributed by atoms with van der Waals surface area (Å²) in [7, 11) is 0. The van der Waals surface area contributed by atoms with E-state index in [9.17, 15) is 14.9 Å². The van der Waals surface area contributed by atoms with Crippen LogP contribution in [-0.4, -0.2) is 22.4 Å². The number of amides is 1. The van der Waals surface area contributed by atoms with Crippen LogP contribution in [0.3, 0.4) is 0 Å². The Morgan fingerprint density at radius 1 is 1.53 bits per heavy atom. The normalized spacial score (nSPS) is 10.4. The lowest BCUT2D eigenvalue weighted by Crippen LogP contribution is -2.24. The molecule has 0 unspecified atom stereocenters. The molecule has 2 aromatic rings. The van der Waals surface area contributed by atoms with E-state index in [2.05, 4.69) is 10.3 Å². The number of nitro groups is 1. The van der Waals surface area contributed by atoms with Crippen molar-refractivity contribution in [2.24, 2.45) is 0 Å². The van der Waals surface area contributed by atoms with Crippen LogP contribution in [0.2, 0.25) is 0 Å². The lowest BCUT2D eigenvalue weighted by atomic mass is 10.3. The fourth-order valence-electron chi connectivity index (χ4n) is 1.46. The molecule has 6 nitrogen and oxygen atoms in total. The highest BCUT2D eigenvalue weighted by Crippen LogP contribution is 2.23. The van der Waals surface area contributed by atoms with Gasteiger partial charge in [0.25, 0.3) is 5.91 Å². The van der Waals surface area contributed by atoms with E-state index in [0.717, 1.165) is 22.0 Å². The summed E-state index contributed by atoms with van der Waals surface area (Å²) in [5.41, 5.74) is 0.944. The average molecular weight is 297 g/mol. The van der Waals surface area contributed by atoms with Crippen molar-refractivity contribution in [1.82, 2.24) is 10.3 Å². The molecule has 1 amide bonds. The number of thiazole rings is 1. The van der Waals surface area contributed by atoms with Crippen molar-refractivity contribution in [3.63, 3.8) is 0 Å². The molecule has 0 bridgehead atoms. The summed E-state index contributed by atoms with van der Waals surface area (Å²) in [6, 6.07) is 2.80. The second kappa shape index (κ2) is 5.89. The third-order valence-electron chi connectivity index (χ3n) is 2.33. The SMILES string of the molecule is Cc1nc(CCNC(=O)c2ccc([N+](=O)[O-])s2)cs1. The standard InChI is InChI=1S/C11H11N3O3S2/c1-7-13-8(6-18-7)4-5-12-11(15)9-2-3-10(19-9)14(16)17/h2-3,6H,4-5H2,1H3,(H,12,15). The van der Waals surface area contributed by atoms with Crippen molar-refractivity contribution < 1.29 is 9.72 Å². The van der Waals surface area contributed by atoms with Crippen molar-refractivity contribution >= 4 is 33.6 Å². The maximum atomic E-state index is 11.7. The van der Waals surface area contributed by atoms with Gasteiger partial charge in [0.15, 0.2) is 0 Å². The van der Waals surface area contributed by atoms with E-state index < -0.39 is 4.92 Å². The van der Waals surface area contributed by atoms with Crippen LogP contribution in [0.25, 0.3) is 0 Å². The van der Waals surface area contributed by atoms with Crippen LogP contribution < -0.4 is 5.32 Å². The monoisotopic (exact) mass is 297 g/mol. The smallest absolute Gasteiger partial charge is 0.324 e. The zero-order valence-corrected chi connectivity index (χ0v) is 11.7. The number of thiophene rings is 1. The number of aryl methyl sites for hydroxylation is 1. The average Bonchev–Trinajstić information content (AvgIpc) is 2.98. The second-order valence-electron chi connectivity index (χ2n) is 3.76. The molecule has 0 aliphatic rings. The molecule has 2 aromatic heterocycles. The lowest BCUT2D eigenvalue weighted by Gasteiger charge is -2.01. The van der Waals surface area contributed by atoms with E-state index in [1.807, 2.05) is 12.3 Å². The summed E-state index contributed by atoms with van der Waals surface area (Å²) in [6.07, 6.45) is 0.656. The summed E-state index contributed by atoms with van der Waals surface area (Å²) in [4.78, 5) is 26.4. The van der Waals surface area contributed by atoms with Gasteiger partial charge in [-0.25, -0.2) is 4.98 Å². The first-order valence-electron chi connectivity index (χ1n) is 5.49. The zero-order valence-electron chi connectivity index (χ0n) is 10.1. The third-order valence-corrected chi connectivity index (χ3v) is 4.19. The summed E-state index contributed by atoms with van der Waals surface area (Å²) in [5, 5.41) is 16.2. The van der Waals surface area contributed by atoms with E-state index >= 15 is 0 Å². The maximum Gasteiger partial charge on any atom is 0.324 e. The van der Waals surface area contributed by atoms with Gasteiger partial charge < -0.3 is 5.32 Å². The van der Waals surface area contributed by atoms with Gasteiger partial charge in [-0.3, -0.25) is 14.9 Å². The lowest BCUT2D eigenvalue weighted by molar-refractivity contribution is -0.380. The molecule has 8 heteroatoms. The zero-order chi connectivity index (χ0) is 13.8. The van der Waals surface area contributed by atoms with Crippen molar-refractivity contribution in [3.8, 4) is 0 Å². The summed E-state index contributed by atoms with van der Waals surface area (Å²) >= 11 is 2.44.